The molecule has 2 aliphatic rings. The van der Waals surface area contributed by atoms with Crippen LogP contribution in [-0.4, -0.2) is 11.2 Å². The quantitative estimate of drug-likeness (QED) is 0.627. The first-order valence-corrected chi connectivity index (χ1v) is 5.73. The Morgan fingerprint density at radius 2 is 2.38 bits per heavy atom. The average molecular weight is 201 g/mol. The summed E-state index contributed by atoms with van der Waals surface area (Å²) >= 11 is 6.20. The van der Waals surface area contributed by atoms with Gasteiger partial charge in [-0.25, -0.2) is 0 Å². The van der Waals surface area contributed by atoms with E-state index in [9.17, 15) is 4.79 Å². The average Bonchev–Trinajstić information content (AvgIpc) is 2.56. The minimum atomic E-state index is -0.0220. The van der Waals surface area contributed by atoms with E-state index in [0.29, 0.717) is 17.6 Å². The van der Waals surface area contributed by atoms with Crippen molar-refractivity contribution >= 4 is 17.4 Å². The summed E-state index contributed by atoms with van der Waals surface area (Å²) in [5.74, 6) is 1.55. The van der Waals surface area contributed by atoms with Gasteiger partial charge in [0.15, 0.2) is 0 Å². The van der Waals surface area contributed by atoms with E-state index in [0.717, 1.165) is 19.3 Å². The molecule has 4 atom stereocenters. The van der Waals surface area contributed by atoms with Gasteiger partial charge >= 0.3 is 0 Å². The second kappa shape index (κ2) is 2.98. The van der Waals surface area contributed by atoms with Crippen LogP contribution in [-0.2, 0) is 4.79 Å². The molecule has 0 radical (unpaired) electrons. The highest BCUT2D eigenvalue weighted by Gasteiger charge is 2.59. The minimum Gasteiger partial charge on any atom is -0.299 e. The lowest BCUT2D eigenvalue weighted by Crippen LogP contribution is -2.33. The Morgan fingerprint density at radius 1 is 1.69 bits per heavy atom. The van der Waals surface area contributed by atoms with Gasteiger partial charge in [0, 0.05) is 17.2 Å². The Balaban J connectivity index is 2.33. The van der Waals surface area contributed by atoms with Gasteiger partial charge in [-0.15, -0.1) is 11.6 Å². The number of rotatable bonds is 2. The van der Waals surface area contributed by atoms with Crippen molar-refractivity contribution < 1.29 is 4.79 Å². The highest BCUT2D eigenvalue weighted by molar-refractivity contribution is 6.21. The maximum absolute atomic E-state index is 11.8. The molecule has 2 unspecified atom stereocenters. The standard InChI is InChI=1S/C11H17ClO/c1-3-11-5-4-8(6-9(11)13)10(11)7(2)12/h7-8,10H,3-6H2,1-2H3/t7-,8?,10?,11-/m1/s1. The molecule has 0 aliphatic heterocycles. The second-order valence-corrected chi connectivity index (χ2v) is 5.33. The van der Waals surface area contributed by atoms with Crippen LogP contribution < -0.4 is 0 Å². The normalized spacial score (nSPS) is 45.6. The molecular formula is C11H17ClO. The summed E-state index contributed by atoms with van der Waals surface area (Å²) in [6, 6.07) is 0. The van der Waals surface area contributed by atoms with Gasteiger partial charge in [-0.05, 0) is 38.0 Å². The second-order valence-electron chi connectivity index (χ2n) is 4.64. The largest absolute Gasteiger partial charge is 0.299 e. The highest BCUT2D eigenvalue weighted by atomic mass is 35.5. The van der Waals surface area contributed by atoms with Crippen molar-refractivity contribution in [3.8, 4) is 0 Å². The fourth-order valence-electron chi connectivity index (χ4n) is 3.66. The number of hydrogen-bond acceptors (Lipinski definition) is 1. The van der Waals surface area contributed by atoms with Gasteiger partial charge in [0.1, 0.15) is 5.78 Å². The van der Waals surface area contributed by atoms with Crippen molar-refractivity contribution in [2.75, 3.05) is 0 Å². The smallest absolute Gasteiger partial charge is 0.139 e. The lowest BCUT2D eigenvalue weighted by atomic mass is 9.74. The number of fused-ring (bicyclic) bond motifs is 2. The van der Waals surface area contributed by atoms with Crippen LogP contribution in [0.2, 0.25) is 0 Å². The third-order valence-electron chi connectivity index (χ3n) is 4.24. The van der Waals surface area contributed by atoms with E-state index >= 15 is 0 Å². The SMILES string of the molecule is CC[C@@]12CCC(CC1=O)C2[C@@H](C)Cl. The number of Topliss-reactive ketones (excluding diaryl/α,β-unsaturated/α-hetero) is 1. The van der Waals surface area contributed by atoms with Crippen LogP contribution in [0.1, 0.15) is 39.5 Å². The molecule has 0 saturated heterocycles. The fraction of sp³-hybridized carbons (Fsp3) is 0.909. The van der Waals surface area contributed by atoms with Crippen LogP contribution >= 0.6 is 11.6 Å². The number of halogens is 1. The molecule has 1 nitrogen and oxygen atoms in total. The molecule has 74 valence electrons. The topological polar surface area (TPSA) is 17.1 Å². The summed E-state index contributed by atoms with van der Waals surface area (Å²) in [7, 11) is 0. The molecule has 0 spiro atoms. The van der Waals surface area contributed by atoms with Crippen molar-refractivity contribution in [3.05, 3.63) is 0 Å². The van der Waals surface area contributed by atoms with Gasteiger partial charge in [-0.1, -0.05) is 6.92 Å². The molecule has 2 rings (SSSR count). The maximum atomic E-state index is 11.8. The molecule has 0 N–H and O–H groups in total. The van der Waals surface area contributed by atoms with Crippen LogP contribution in [0.25, 0.3) is 0 Å². The number of alkyl halides is 1. The number of carbonyl (C=O) groups is 1. The van der Waals surface area contributed by atoms with E-state index in [2.05, 4.69) is 6.92 Å². The first kappa shape index (κ1) is 9.51. The van der Waals surface area contributed by atoms with Crippen molar-refractivity contribution in [2.24, 2.45) is 17.3 Å². The first-order valence-electron chi connectivity index (χ1n) is 5.29. The Labute approximate surface area is 84.8 Å². The molecule has 0 aromatic rings. The molecule has 2 fully saturated rings. The van der Waals surface area contributed by atoms with E-state index in [1.165, 1.54) is 6.42 Å². The van der Waals surface area contributed by atoms with Gasteiger partial charge in [-0.2, -0.15) is 0 Å². The van der Waals surface area contributed by atoms with Crippen molar-refractivity contribution in [1.29, 1.82) is 0 Å². The van der Waals surface area contributed by atoms with Gasteiger partial charge in [0.2, 0.25) is 0 Å². The van der Waals surface area contributed by atoms with Crippen LogP contribution in [0.15, 0.2) is 0 Å². The van der Waals surface area contributed by atoms with E-state index < -0.39 is 0 Å². The third kappa shape index (κ3) is 1.09. The third-order valence-corrected chi connectivity index (χ3v) is 4.51. The predicted molar refractivity (Wildman–Crippen MR) is 53.9 cm³/mol. The van der Waals surface area contributed by atoms with Gasteiger partial charge in [0.05, 0.1) is 0 Å². The van der Waals surface area contributed by atoms with Crippen LogP contribution in [0.4, 0.5) is 0 Å². The highest BCUT2D eigenvalue weighted by Crippen LogP contribution is 2.59. The number of hydrogen-bond donors (Lipinski definition) is 0. The van der Waals surface area contributed by atoms with Crippen LogP contribution in [0.5, 0.6) is 0 Å². The Hall–Kier alpha value is -0.0400. The van der Waals surface area contributed by atoms with E-state index in [-0.39, 0.29) is 10.8 Å². The Morgan fingerprint density at radius 3 is 2.77 bits per heavy atom. The van der Waals surface area contributed by atoms with Crippen molar-refractivity contribution in [1.82, 2.24) is 0 Å². The zero-order chi connectivity index (χ0) is 9.64. The Bertz CT molecular complexity index is 236. The summed E-state index contributed by atoms with van der Waals surface area (Å²) < 4.78 is 0. The van der Waals surface area contributed by atoms with Crippen molar-refractivity contribution in [3.63, 3.8) is 0 Å². The summed E-state index contributed by atoms with van der Waals surface area (Å²) in [4.78, 5) is 11.8. The summed E-state index contributed by atoms with van der Waals surface area (Å²) in [6.45, 7) is 4.19. The van der Waals surface area contributed by atoms with Crippen molar-refractivity contribution in [2.45, 2.75) is 44.9 Å². The molecule has 0 heterocycles. The molecule has 2 heteroatoms. The lowest BCUT2D eigenvalue weighted by Gasteiger charge is -2.30. The molecular weight excluding hydrogens is 184 g/mol. The zero-order valence-electron chi connectivity index (χ0n) is 8.35. The van der Waals surface area contributed by atoms with Gasteiger partial charge in [0.25, 0.3) is 0 Å². The maximum Gasteiger partial charge on any atom is 0.139 e. The summed E-state index contributed by atoms with van der Waals surface area (Å²) in [5.41, 5.74) is -0.0220. The lowest BCUT2D eigenvalue weighted by molar-refractivity contribution is -0.128. The van der Waals surface area contributed by atoms with Gasteiger partial charge < -0.3 is 0 Å². The predicted octanol–water partition coefficient (Wildman–Crippen LogP) is 3.01. The minimum absolute atomic E-state index is 0.0220. The fourth-order valence-corrected chi connectivity index (χ4v) is 4.11. The van der Waals surface area contributed by atoms with Crippen LogP contribution in [0.3, 0.4) is 0 Å². The molecule has 0 aromatic carbocycles. The van der Waals surface area contributed by atoms with E-state index in [4.69, 9.17) is 11.6 Å². The first-order chi connectivity index (χ1) is 6.12. The number of carbonyl (C=O) groups excluding carboxylic acids is 1. The molecule has 2 saturated carbocycles. The molecule has 2 bridgehead atoms. The van der Waals surface area contributed by atoms with E-state index in [1.54, 1.807) is 0 Å². The van der Waals surface area contributed by atoms with Crippen LogP contribution in [0, 0.1) is 17.3 Å². The van der Waals surface area contributed by atoms with Gasteiger partial charge in [-0.3, -0.25) is 4.79 Å². The Kier molecular flexibility index (Phi) is 2.18. The number of ketones is 1. The zero-order valence-corrected chi connectivity index (χ0v) is 9.10. The molecule has 13 heavy (non-hydrogen) atoms. The summed E-state index contributed by atoms with van der Waals surface area (Å²) in [5, 5.41) is 0.166. The summed E-state index contributed by atoms with van der Waals surface area (Å²) in [6.07, 6.45) is 4.11. The molecule has 0 aromatic heterocycles. The van der Waals surface area contributed by atoms with E-state index in [1.807, 2.05) is 6.92 Å². The molecule has 2 aliphatic carbocycles. The monoisotopic (exact) mass is 200 g/mol. The molecule has 0 amide bonds.